The van der Waals surface area contributed by atoms with Crippen LogP contribution in [0.5, 0.6) is 5.75 Å². The van der Waals surface area contributed by atoms with Crippen LogP contribution in [0.15, 0.2) is 65.1 Å². The zero-order valence-electron chi connectivity index (χ0n) is 14.5. The van der Waals surface area contributed by atoms with Gasteiger partial charge in [0.15, 0.2) is 5.76 Å². The van der Waals surface area contributed by atoms with Crippen molar-refractivity contribution in [2.24, 2.45) is 0 Å². The molecular weight excluding hydrogens is 368 g/mol. The molecule has 0 saturated heterocycles. The number of carbonyl (C=O) groups is 2. The molecule has 0 radical (unpaired) electrons. The molecular formula is C20H17ClN2O4. The molecule has 0 aliphatic carbocycles. The number of hydrogen-bond donors (Lipinski definition) is 2. The second kappa shape index (κ2) is 8.42. The van der Waals surface area contributed by atoms with Gasteiger partial charge in [0.1, 0.15) is 11.5 Å². The molecule has 0 bridgehead atoms. The molecule has 7 heteroatoms. The van der Waals surface area contributed by atoms with Crippen LogP contribution in [0.2, 0.25) is 5.02 Å². The summed E-state index contributed by atoms with van der Waals surface area (Å²) in [5.74, 6) is 0.633. The van der Waals surface area contributed by atoms with E-state index in [1.54, 1.807) is 67.8 Å². The number of nitrogens with one attached hydrogen (secondary N) is 2. The first kappa shape index (κ1) is 18.5. The molecule has 3 rings (SSSR count). The van der Waals surface area contributed by atoms with Crippen molar-refractivity contribution in [3.8, 4) is 5.75 Å². The summed E-state index contributed by atoms with van der Waals surface area (Å²) in [6.07, 6.45) is 0. The minimum absolute atomic E-state index is 0.142. The molecule has 138 valence electrons. The van der Waals surface area contributed by atoms with E-state index < -0.39 is 5.91 Å². The number of benzene rings is 2. The molecule has 0 atom stereocenters. The van der Waals surface area contributed by atoms with Crippen LogP contribution in [0.1, 0.15) is 26.7 Å². The summed E-state index contributed by atoms with van der Waals surface area (Å²) in [4.78, 5) is 24.4. The number of anilines is 1. The van der Waals surface area contributed by atoms with E-state index in [4.69, 9.17) is 20.8 Å². The maximum absolute atomic E-state index is 12.2. The molecule has 2 N–H and O–H groups in total. The molecule has 0 aliphatic heterocycles. The molecule has 2 aromatic carbocycles. The predicted molar refractivity (Wildman–Crippen MR) is 102 cm³/mol. The third-order valence-electron chi connectivity index (χ3n) is 3.74. The van der Waals surface area contributed by atoms with Crippen LogP contribution in [0.25, 0.3) is 0 Å². The van der Waals surface area contributed by atoms with Crippen LogP contribution >= 0.6 is 11.6 Å². The van der Waals surface area contributed by atoms with Crippen LogP contribution in [0, 0.1) is 0 Å². The highest BCUT2D eigenvalue weighted by molar-refractivity contribution is 6.30. The SMILES string of the molecule is COc1ccc(C(=O)NCc2ccc(C(=O)Nc3cccc(Cl)c3)o2)cc1. The van der Waals surface area contributed by atoms with E-state index in [0.29, 0.717) is 27.8 Å². The smallest absolute Gasteiger partial charge is 0.291 e. The number of rotatable bonds is 6. The van der Waals surface area contributed by atoms with E-state index in [1.165, 1.54) is 0 Å². The van der Waals surface area contributed by atoms with Gasteiger partial charge in [0.05, 0.1) is 13.7 Å². The highest BCUT2D eigenvalue weighted by Gasteiger charge is 2.13. The molecule has 1 aromatic heterocycles. The number of halogens is 1. The average molecular weight is 385 g/mol. The standard InChI is InChI=1S/C20H17ClN2O4/c1-26-16-7-5-13(6-8-16)19(24)22-12-17-9-10-18(27-17)20(25)23-15-4-2-3-14(21)11-15/h2-11H,12H2,1H3,(H,22,24)(H,23,25). The fraction of sp³-hybridized carbons (Fsp3) is 0.100. The minimum Gasteiger partial charge on any atom is -0.497 e. The van der Waals surface area contributed by atoms with E-state index in [9.17, 15) is 9.59 Å². The van der Waals surface area contributed by atoms with Crippen molar-refractivity contribution in [3.63, 3.8) is 0 Å². The van der Waals surface area contributed by atoms with E-state index in [2.05, 4.69) is 10.6 Å². The van der Waals surface area contributed by atoms with Crippen LogP contribution in [0.4, 0.5) is 5.69 Å². The van der Waals surface area contributed by atoms with Crippen LogP contribution in [-0.4, -0.2) is 18.9 Å². The van der Waals surface area contributed by atoms with Gasteiger partial charge in [0.25, 0.3) is 11.8 Å². The summed E-state index contributed by atoms with van der Waals surface area (Å²) in [5, 5.41) is 5.96. The molecule has 6 nitrogen and oxygen atoms in total. The summed E-state index contributed by atoms with van der Waals surface area (Å²) in [6, 6.07) is 16.8. The van der Waals surface area contributed by atoms with Gasteiger partial charge in [-0.05, 0) is 54.6 Å². The van der Waals surface area contributed by atoms with Crippen molar-refractivity contribution in [1.82, 2.24) is 5.32 Å². The molecule has 0 fully saturated rings. The van der Waals surface area contributed by atoms with Crippen molar-refractivity contribution in [2.75, 3.05) is 12.4 Å². The van der Waals surface area contributed by atoms with Crippen molar-refractivity contribution < 1.29 is 18.7 Å². The van der Waals surface area contributed by atoms with Crippen molar-refractivity contribution >= 4 is 29.1 Å². The first-order valence-electron chi connectivity index (χ1n) is 8.13. The number of carbonyl (C=O) groups excluding carboxylic acids is 2. The minimum atomic E-state index is -0.398. The van der Waals surface area contributed by atoms with Gasteiger partial charge in [-0.3, -0.25) is 9.59 Å². The second-order valence-electron chi connectivity index (χ2n) is 5.64. The molecule has 0 saturated carbocycles. The Bertz CT molecular complexity index is 951. The summed E-state index contributed by atoms with van der Waals surface area (Å²) in [6.45, 7) is 0.162. The van der Waals surface area contributed by atoms with E-state index in [0.717, 1.165) is 0 Å². The number of hydrogen-bond acceptors (Lipinski definition) is 4. The maximum Gasteiger partial charge on any atom is 0.291 e. The summed E-state index contributed by atoms with van der Waals surface area (Å²) < 4.78 is 10.6. The second-order valence-corrected chi connectivity index (χ2v) is 6.08. The lowest BCUT2D eigenvalue weighted by atomic mass is 10.2. The normalized spacial score (nSPS) is 10.3. The molecule has 27 heavy (non-hydrogen) atoms. The van der Waals surface area contributed by atoms with E-state index >= 15 is 0 Å². The van der Waals surface area contributed by atoms with Gasteiger partial charge >= 0.3 is 0 Å². The zero-order chi connectivity index (χ0) is 19.2. The highest BCUT2D eigenvalue weighted by atomic mass is 35.5. The molecule has 0 spiro atoms. The topological polar surface area (TPSA) is 80.6 Å². The van der Waals surface area contributed by atoms with Gasteiger partial charge in [-0.2, -0.15) is 0 Å². The maximum atomic E-state index is 12.2. The third kappa shape index (κ3) is 4.89. The quantitative estimate of drug-likeness (QED) is 0.669. The van der Waals surface area contributed by atoms with Crippen molar-refractivity contribution in [3.05, 3.63) is 82.8 Å². The Labute approximate surface area is 161 Å². The first-order chi connectivity index (χ1) is 13.0. The average Bonchev–Trinajstić information content (AvgIpc) is 3.15. The molecule has 1 heterocycles. The van der Waals surface area contributed by atoms with Crippen molar-refractivity contribution in [1.29, 1.82) is 0 Å². The van der Waals surface area contributed by atoms with Gasteiger partial charge in [0.2, 0.25) is 0 Å². The largest absolute Gasteiger partial charge is 0.497 e. The predicted octanol–water partition coefficient (Wildman–Crippen LogP) is 4.12. The fourth-order valence-electron chi connectivity index (χ4n) is 2.37. The highest BCUT2D eigenvalue weighted by Crippen LogP contribution is 2.17. The zero-order valence-corrected chi connectivity index (χ0v) is 15.2. The monoisotopic (exact) mass is 384 g/mol. The van der Waals surface area contributed by atoms with E-state index in [1.807, 2.05) is 0 Å². The third-order valence-corrected chi connectivity index (χ3v) is 3.98. The molecule has 0 aliphatic rings. The van der Waals surface area contributed by atoms with Crippen LogP contribution in [0.3, 0.4) is 0 Å². The number of ether oxygens (including phenoxy) is 1. The summed E-state index contributed by atoms with van der Waals surface area (Å²) >= 11 is 5.89. The Balaban J connectivity index is 1.57. The van der Waals surface area contributed by atoms with E-state index in [-0.39, 0.29) is 18.2 Å². The fourth-order valence-corrected chi connectivity index (χ4v) is 2.56. The number of methoxy groups -OCH3 is 1. The Kier molecular flexibility index (Phi) is 5.78. The Morgan fingerprint density at radius 1 is 1.04 bits per heavy atom. The molecule has 0 unspecified atom stereocenters. The van der Waals surface area contributed by atoms with Gasteiger partial charge in [-0.1, -0.05) is 17.7 Å². The van der Waals surface area contributed by atoms with Crippen LogP contribution < -0.4 is 15.4 Å². The number of amides is 2. The van der Waals surface area contributed by atoms with Gasteiger partial charge in [0, 0.05) is 16.3 Å². The van der Waals surface area contributed by atoms with Gasteiger partial charge < -0.3 is 19.8 Å². The Morgan fingerprint density at radius 2 is 1.81 bits per heavy atom. The van der Waals surface area contributed by atoms with Gasteiger partial charge in [-0.15, -0.1) is 0 Å². The van der Waals surface area contributed by atoms with Crippen molar-refractivity contribution in [2.45, 2.75) is 6.54 Å². The Morgan fingerprint density at radius 3 is 2.52 bits per heavy atom. The molecule has 2 amide bonds. The lowest BCUT2D eigenvalue weighted by Gasteiger charge is -2.05. The summed E-state index contributed by atoms with van der Waals surface area (Å²) in [5.41, 5.74) is 1.07. The Hall–Kier alpha value is -3.25. The van der Waals surface area contributed by atoms with Crippen LogP contribution in [-0.2, 0) is 6.54 Å². The lowest BCUT2D eigenvalue weighted by Crippen LogP contribution is -2.22. The van der Waals surface area contributed by atoms with Gasteiger partial charge in [-0.25, -0.2) is 0 Å². The number of furan rings is 1. The molecule has 3 aromatic rings. The lowest BCUT2D eigenvalue weighted by molar-refractivity contribution is 0.0948. The first-order valence-corrected chi connectivity index (χ1v) is 8.51. The summed E-state index contributed by atoms with van der Waals surface area (Å²) in [7, 11) is 1.56.